The smallest absolute Gasteiger partial charge is 0.407 e. The second-order valence-corrected chi connectivity index (χ2v) is 6.14. The molecular formula is C16H21NO3. The van der Waals surface area contributed by atoms with Crippen molar-refractivity contribution in [2.75, 3.05) is 6.54 Å². The molecule has 2 rings (SSSR count). The Balaban J connectivity index is 1.93. The number of nitrogens with one attached hydrogen (secondary N) is 1. The van der Waals surface area contributed by atoms with Crippen LogP contribution in [0.1, 0.15) is 43.1 Å². The van der Waals surface area contributed by atoms with Crippen molar-refractivity contribution in [1.82, 2.24) is 5.32 Å². The van der Waals surface area contributed by atoms with E-state index in [1.165, 1.54) is 0 Å². The van der Waals surface area contributed by atoms with Gasteiger partial charge in [0, 0.05) is 18.0 Å². The van der Waals surface area contributed by atoms with Crippen molar-refractivity contribution in [2.45, 2.75) is 39.2 Å². The van der Waals surface area contributed by atoms with Gasteiger partial charge in [-0.15, -0.1) is 0 Å². The molecule has 0 saturated heterocycles. The van der Waals surface area contributed by atoms with Crippen molar-refractivity contribution in [3.8, 4) is 0 Å². The maximum Gasteiger partial charge on any atom is 0.407 e. The van der Waals surface area contributed by atoms with E-state index < -0.39 is 11.7 Å². The molecule has 0 heterocycles. The molecule has 0 spiro atoms. The largest absolute Gasteiger partial charge is 0.444 e. The fourth-order valence-electron chi connectivity index (χ4n) is 2.37. The fourth-order valence-corrected chi connectivity index (χ4v) is 2.37. The number of fused-ring (bicyclic) bond motifs is 1. The molecule has 108 valence electrons. The van der Waals surface area contributed by atoms with Crippen molar-refractivity contribution < 1.29 is 14.3 Å². The van der Waals surface area contributed by atoms with E-state index in [0.717, 1.165) is 24.0 Å². The molecule has 1 N–H and O–H groups in total. The first kappa shape index (κ1) is 14.6. The third-order valence-corrected chi connectivity index (χ3v) is 3.31. The summed E-state index contributed by atoms with van der Waals surface area (Å²) in [6.45, 7) is 5.78. The Morgan fingerprint density at radius 3 is 2.75 bits per heavy atom. The molecule has 1 unspecified atom stereocenters. The monoisotopic (exact) mass is 275 g/mol. The number of Topliss-reactive ketones (excluding diaryl/α,β-unsaturated/α-hetero) is 1. The maximum absolute atomic E-state index is 12.3. The third kappa shape index (κ3) is 3.59. The zero-order valence-corrected chi connectivity index (χ0v) is 12.2. The molecule has 0 fully saturated rings. The first-order valence-electron chi connectivity index (χ1n) is 6.96. The Bertz CT molecular complexity index is 517. The Labute approximate surface area is 119 Å². The molecule has 1 atom stereocenters. The molecule has 4 nitrogen and oxygen atoms in total. The molecular weight excluding hydrogens is 254 g/mol. The van der Waals surface area contributed by atoms with Gasteiger partial charge in [0.2, 0.25) is 0 Å². The molecule has 1 aromatic rings. The van der Waals surface area contributed by atoms with Gasteiger partial charge < -0.3 is 10.1 Å². The number of hydrogen-bond donors (Lipinski definition) is 1. The van der Waals surface area contributed by atoms with E-state index in [0.29, 0.717) is 6.54 Å². The number of alkyl carbamates (subject to hydrolysis) is 1. The van der Waals surface area contributed by atoms with Crippen LogP contribution in [0.3, 0.4) is 0 Å². The molecule has 0 radical (unpaired) electrons. The quantitative estimate of drug-likeness (QED) is 0.902. The zero-order valence-electron chi connectivity index (χ0n) is 12.2. The number of carbonyl (C=O) groups excluding carboxylic acids is 2. The van der Waals surface area contributed by atoms with Crippen molar-refractivity contribution in [2.24, 2.45) is 5.92 Å². The van der Waals surface area contributed by atoms with Gasteiger partial charge in [0.25, 0.3) is 0 Å². The molecule has 20 heavy (non-hydrogen) atoms. The number of carbonyl (C=O) groups is 2. The Morgan fingerprint density at radius 2 is 2.05 bits per heavy atom. The van der Waals surface area contributed by atoms with Crippen LogP contribution in [-0.4, -0.2) is 24.0 Å². The topological polar surface area (TPSA) is 55.4 Å². The molecule has 1 amide bonds. The van der Waals surface area contributed by atoms with Crippen LogP contribution < -0.4 is 5.32 Å². The van der Waals surface area contributed by atoms with Crippen LogP contribution in [-0.2, 0) is 11.2 Å². The molecule has 0 saturated carbocycles. The number of amides is 1. The van der Waals surface area contributed by atoms with Gasteiger partial charge in [-0.25, -0.2) is 4.79 Å². The van der Waals surface area contributed by atoms with Crippen LogP contribution in [0.5, 0.6) is 0 Å². The van der Waals surface area contributed by atoms with Gasteiger partial charge in [-0.05, 0) is 39.2 Å². The number of hydrogen-bond acceptors (Lipinski definition) is 3. The molecule has 1 aliphatic rings. The molecule has 1 aliphatic carbocycles. The van der Waals surface area contributed by atoms with Crippen LogP contribution in [0.2, 0.25) is 0 Å². The molecule has 0 aliphatic heterocycles. The summed E-state index contributed by atoms with van der Waals surface area (Å²) in [6.07, 6.45) is 1.18. The van der Waals surface area contributed by atoms with Crippen molar-refractivity contribution in [3.63, 3.8) is 0 Å². The van der Waals surface area contributed by atoms with E-state index in [-0.39, 0.29) is 11.7 Å². The zero-order chi connectivity index (χ0) is 14.8. The first-order valence-corrected chi connectivity index (χ1v) is 6.96. The average Bonchev–Trinajstić information content (AvgIpc) is 2.36. The summed E-state index contributed by atoms with van der Waals surface area (Å²) >= 11 is 0. The molecule has 1 aromatic carbocycles. The van der Waals surface area contributed by atoms with E-state index in [1.54, 1.807) is 0 Å². The second-order valence-electron chi connectivity index (χ2n) is 6.14. The van der Waals surface area contributed by atoms with Gasteiger partial charge in [-0.3, -0.25) is 4.79 Å². The predicted octanol–water partition coefficient (Wildman–Crippen LogP) is 2.96. The first-order chi connectivity index (χ1) is 9.37. The van der Waals surface area contributed by atoms with E-state index in [2.05, 4.69) is 5.32 Å². The van der Waals surface area contributed by atoms with Gasteiger partial charge >= 0.3 is 6.09 Å². The summed E-state index contributed by atoms with van der Waals surface area (Å²) in [7, 11) is 0. The van der Waals surface area contributed by atoms with Crippen LogP contribution in [0.15, 0.2) is 24.3 Å². The minimum atomic E-state index is -0.521. The molecule has 0 bridgehead atoms. The summed E-state index contributed by atoms with van der Waals surface area (Å²) in [5.74, 6) is -0.0414. The normalized spacial score (nSPS) is 18.4. The van der Waals surface area contributed by atoms with Crippen LogP contribution >= 0.6 is 0 Å². The summed E-state index contributed by atoms with van der Waals surface area (Å²) < 4.78 is 5.17. The highest BCUT2D eigenvalue weighted by molar-refractivity contribution is 6.00. The Kier molecular flexibility index (Phi) is 4.12. The molecule has 4 heteroatoms. The number of rotatable bonds is 2. The average molecular weight is 275 g/mol. The second kappa shape index (κ2) is 5.65. The third-order valence-electron chi connectivity index (χ3n) is 3.31. The van der Waals surface area contributed by atoms with Gasteiger partial charge in [0.15, 0.2) is 5.78 Å². The Morgan fingerprint density at radius 1 is 1.35 bits per heavy atom. The molecule has 0 aromatic heterocycles. The van der Waals surface area contributed by atoms with E-state index in [9.17, 15) is 9.59 Å². The van der Waals surface area contributed by atoms with Crippen LogP contribution in [0.4, 0.5) is 4.79 Å². The lowest BCUT2D eigenvalue weighted by atomic mass is 9.83. The van der Waals surface area contributed by atoms with Gasteiger partial charge in [-0.1, -0.05) is 24.3 Å². The minimum absolute atomic E-state index is 0.114. The van der Waals surface area contributed by atoms with E-state index in [4.69, 9.17) is 4.74 Å². The highest BCUT2D eigenvalue weighted by Gasteiger charge is 2.27. The number of benzene rings is 1. The minimum Gasteiger partial charge on any atom is -0.444 e. The van der Waals surface area contributed by atoms with Gasteiger partial charge in [-0.2, -0.15) is 0 Å². The van der Waals surface area contributed by atoms with Gasteiger partial charge in [0.1, 0.15) is 5.60 Å². The maximum atomic E-state index is 12.3. The summed E-state index contributed by atoms with van der Waals surface area (Å²) in [5, 5.41) is 2.69. The van der Waals surface area contributed by atoms with Gasteiger partial charge in [0.05, 0.1) is 0 Å². The Hall–Kier alpha value is -1.84. The van der Waals surface area contributed by atoms with E-state index in [1.807, 2.05) is 45.0 Å². The highest BCUT2D eigenvalue weighted by atomic mass is 16.6. The van der Waals surface area contributed by atoms with E-state index >= 15 is 0 Å². The van der Waals surface area contributed by atoms with Crippen LogP contribution in [0.25, 0.3) is 0 Å². The lowest BCUT2D eigenvalue weighted by molar-refractivity contribution is 0.0517. The SMILES string of the molecule is CC(C)(C)OC(=O)NCC1CCc2ccccc2C1=O. The summed E-state index contributed by atoms with van der Waals surface area (Å²) in [4.78, 5) is 23.9. The van der Waals surface area contributed by atoms with Crippen molar-refractivity contribution in [1.29, 1.82) is 0 Å². The number of aryl methyl sites for hydroxylation is 1. The fraction of sp³-hybridized carbons (Fsp3) is 0.500. The summed E-state index contributed by atoms with van der Waals surface area (Å²) in [5.41, 5.74) is 1.37. The lowest BCUT2D eigenvalue weighted by Crippen LogP contribution is -2.38. The standard InChI is InChI=1S/C16H21NO3/c1-16(2,3)20-15(19)17-10-12-9-8-11-6-4-5-7-13(11)14(12)18/h4-7,12H,8-10H2,1-3H3,(H,17,19). The predicted molar refractivity (Wildman–Crippen MR) is 76.8 cm³/mol. The lowest BCUT2D eigenvalue weighted by Gasteiger charge is -2.24. The number of ether oxygens (including phenoxy) is 1. The highest BCUT2D eigenvalue weighted by Crippen LogP contribution is 2.25. The number of ketones is 1. The van der Waals surface area contributed by atoms with Crippen molar-refractivity contribution in [3.05, 3.63) is 35.4 Å². The van der Waals surface area contributed by atoms with Crippen LogP contribution in [0, 0.1) is 5.92 Å². The van der Waals surface area contributed by atoms with Crippen molar-refractivity contribution >= 4 is 11.9 Å². The summed E-state index contributed by atoms with van der Waals surface area (Å²) in [6, 6.07) is 7.67.